The van der Waals surface area contributed by atoms with Crippen molar-refractivity contribution in [2.75, 3.05) is 27.2 Å². The van der Waals surface area contributed by atoms with Crippen LogP contribution < -0.4 is 5.32 Å². The van der Waals surface area contributed by atoms with Gasteiger partial charge < -0.3 is 19.8 Å². The van der Waals surface area contributed by atoms with Gasteiger partial charge in [0.15, 0.2) is 5.76 Å². The Kier molecular flexibility index (Phi) is 4.74. The van der Waals surface area contributed by atoms with E-state index in [2.05, 4.69) is 10.5 Å². The van der Waals surface area contributed by atoms with Gasteiger partial charge in [0.1, 0.15) is 0 Å². The molecule has 0 saturated heterocycles. The zero-order valence-corrected chi connectivity index (χ0v) is 9.53. The molecule has 0 bridgehead atoms. The van der Waals surface area contributed by atoms with Crippen LogP contribution in [0.5, 0.6) is 0 Å². The van der Waals surface area contributed by atoms with Gasteiger partial charge in [-0.15, -0.1) is 0 Å². The van der Waals surface area contributed by atoms with E-state index < -0.39 is 0 Å². The molecule has 0 aromatic carbocycles. The standard InChI is InChI=1S/C10H19N3O2/c1-8-4-10(15-12-8)6-11-5-9(14)7-13(2)3/h4,9,11,14H,5-7H2,1-3H3. The highest BCUT2D eigenvalue weighted by atomic mass is 16.5. The Morgan fingerprint density at radius 2 is 2.33 bits per heavy atom. The number of likely N-dealkylation sites (N-methyl/N-ethyl adjacent to an activating group) is 1. The van der Waals surface area contributed by atoms with Crippen LogP contribution in [-0.2, 0) is 6.54 Å². The van der Waals surface area contributed by atoms with Crippen molar-refractivity contribution in [2.24, 2.45) is 0 Å². The third-order valence-electron chi connectivity index (χ3n) is 1.93. The van der Waals surface area contributed by atoms with E-state index in [1.54, 1.807) is 0 Å². The summed E-state index contributed by atoms with van der Waals surface area (Å²) in [5.74, 6) is 0.796. The van der Waals surface area contributed by atoms with Crippen LogP contribution >= 0.6 is 0 Å². The van der Waals surface area contributed by atoms with Gasteiger partial charge in [-0.25, -0.2) is 0 Å². The predicted octanol–water partition coefficient (Wildman–Crippen LogP) is -0.00488. The van der Waals surface area contributed by atoms with E-state index in [-0.39, 0.29) is 6.10 Å². The normalized spacial score (nSPS) is 13.4. The number of aliphatic hydroxyl groups is 1. The Bertz CT molecular complexity index is 286. The summed E-state index contributed by atoms with van der Waals surface area (Å²) in [7, 11) is 3.87. The van der Waals surface area contributed by atoms with Crippen molar-refractivity contribution < 1.29 is 9.63 Å². The third kappa shape index (κ3) is 4.92. The van der Waals surface area contributed by atoms with Gasteiger partial charge >= 0.3 is 0 Å². The average Bonchev–Trinajstić information content (AvgIpc) is 2.50. The summed E-state index contributed by atoms with van der Waals surface area (Å²) in [5, 5.41) is 16.4. The smallest absolute Gasteiger partial charge is 0.150 e. The zero-order chi connectivity index (χ0) is 11.3. The summed E-state index contributed by atoms with van der Waals surface area (Å²) in [6, 6.07) is 1.88. The quantitative estimate of drug-likeness (QED) is 0.696. The first-order valence-electron chi connectivity index (χ1n) is 5.03. The van der Waals surface area contributed by atoms with E-state index in [0.717, 1.165) is 11.5 Å². The first-order chi connectivity index (χ1) is 7.08. The molecule has 1 heterocycles. The minimum atomic E-state index is -0.357. The first kappa shape index (κ1) is 12.2. The van der Waals surface area contributed by atoms with Gasteiger partial charge in [-0.3, -0.25) is 0 Å². The van der Waals surface area contributed by atoms with E-state index in [1.165, 1.54) is 0 Å². The molecule has 15 heavy (non-hydrogen) atoms. The number of nitrogens with one attached hydrogen (secondary N) is 1. The molecule has 0 spiro atoms. The van der Waals surface area contributed by atoms with E-state index in [9.17, 15) is 5.11 Å². The molecule has 86 valence electrons. The topological polar surface area (TPSA) is 61.5 Å². The van der Waals surface area contributed by atoms with Crippen molar-refractivity contribution in [1.29, 1.82) is 0 Å². The number of hydrogen-bond acceptors (Lipinski definition) is 5. The zero-order valence-electron chi connectivity index (χ0n) is 9.53. The summed E-state index contributed by atoms with van der Waals surface area (Å²) in [6.45, 7) is 3.69. The number of aliphatic hydroxyl groups excluding tert-OH is 1. The van der Waals surface area contributed by atoms with E-state index in [4.69, 9.17) is 4.52 Å². The molecule has 0 aliphatic carbocycles. The van der Waals surface area contributed by atoms with Crippen molar-refractivity contribution in [3.05, 3.63) is 17.5 Å². The molecule has 0 aliphatic heterocycles. The molecular weight excluding hydrogens is 194 g/mol. The number of rotatable bonds is 6. The molecule has 1 aromatic rings. The molecule has 1 atom stereocenters. The van der Waals surface area contributed by atoms with Crippen LogP contribution in [0.25, 0.3) is 0 Å². The lowest BCUT2D eigenvalue weighted by Gasteiger charge is -2.15. The van der Waals surface area contributed by atoms with Crippen molar-refractivity contribution in [2.45, 2.75) is 19.6 Å². The summed E-state index contributed by atoms with van der Waals surface area (Å²) in [5.41, 5.74) is 0.876. The summed E-state index contributed by atoms with van der Waals surface area (Å²) >= 11 is 0. The first-order valence-corrected chi connectivity index (χ1v) is 5.03. The second-order valence-electron chi connectivity index (χ2n) is 3.98. The highest BCUT2D eigenvalue weighted by Crippen LogP contribution is 2.00. The van der Waals surface area contributed by atoms with Gasteiger partial charge in [0.25, 0.3) is 0 Å². The SMILES string of the molecule is Cc1cc(CNCC(O)CN(C)C)on1. The maximum atomic E-state index is 9.55. The van der Waals surface area contributed by atoms with Crippen LogP contribution in [0, 0.1) is 6.92 Å². The van der Waals surface area contributed by atoms with E-state index in [0.29, 0.717) is 19.6 Å². The largest absolute Gasteiger partial charge is 0.390 e. The molecule has 0 fully saturated rings. The molecule has 5 heteroatoms. The van der Waals surface area contributed by atoms with E-state index >= 15 is 0 Å². The fourth-order valence-electron chi connectivity index (χ4n) is 1.35. The van der Waals surface area contributed by atoms with Crippen LogP contribution in [0.3, 0.4) is 0 Å². The van der Waals surface area contributed by atoms with Crippen molar-refractivity contribution in [3.8, 4) is 0 Å². The van der Waals surface area contributed by atoms with Crippen molar-refractivity contribution in [1.82, 2.24) is 15.4 Å². The van der Waals surface area contributed by atoms with Gasteiger partial charge in [0, 0.05) is 19.2 Å². The third-order valence-corrected chi connectivity index (χ3v) is 1.93. The average molecular weight is 213 g/mol. The Morgan fingerprint density at radius 1 is 1.60 bits per heavy atom. The van der Waals surface area contributed by atoms with Crippen molar-refractivity contribution in [3.63, 3.8) is 0 Å². The summed E-state index contributed by atoms with van der Waals surface area (Å²) < 4.78 is 5.02. The van der Waals surface area contributed by atoms with Crippen LogP contribution in [-0.4, -0.2) is 48.5 Å². The number of hydrogen-bond donors (Lipinski definition) is 2. The minimum Gasteiger partial charge on any atom is -0.390 e. The molecular formula is C10H19N3O2. The Hall–Kier alpha value is -0.910. The molecule has 1 unspecified atom stereocenters. The van der Waals surface area contributed by atoms with Gasteiger partial charge in [0.05, 0.1) is 18.3 Å². The highest BCUT2D eigenvalue weighted by Gasteiger charge is 2.05. The lowest BCUT2D eigenvalue weighted by molar-refractivity contribution is 0.133. The Morgan fingerprint density at radius 3 is 2.87 bits per heavy atom. The molecule has 0 radical (unpaired) electrons. The Balaban J connectivity index is 2.16. The number of nitrogens with zero attached hydrogens (tertiary/aromatic N) is 2. The fraction of sp³-hybridized carbons (Fsp3) is 0.700. The molecule has 1 aromatic heterocycles. The lowest BCUT2D eigenvalue weighted by Crippen LogP contribution is -2.34. The number of aromatic nitrogens is 1. The Labute approximate surface area is 90.1 Å². The highest BCUT2D eigenvalue weighted by molar-refractivity contribution is 5.02. The molecule has 1 rings (SSSR count). The molecule has 0 saturated carbocycles. The second-order valence-corrected chi connectivity index (χ2v) is 3.98. The lowest BCUT2D eigenvalue weighted by atomic mass is 10.3. The molecule has 0 aliphatic rings. The van der Waals surface area contributed by atoms with Gasteiger partial charge in [-0.1, -0.05) is 5.16 Å². The fourth-order valence-corrected chi connectivity index (χ4v) is 1.35. The van der Waals surface area contributed by atoms with Gasteiger partial charge in [-0.05, 0) is 21.0 Å². The molecule has 0 amide bonds. The van der Waals surface area contributed by atoms with Crippen molar-refractivity contribution >= 4 is 0 Å². The van der Waals surface area contributed by atoms with E-state index in [1.807, 2.05) is 32.0 Å². The predicted molar refractivity (Wildman–Crippen MR) is 57.5 cm³/mol. The van der Waals surface area contributed by atoms with Gasteiger partial charge in [-0.2, -0.15) is 0 Å². The minimum absolute atomic E-state index is 0.357. The number of aryl methyl sites for hydroxylation is 1. The monoisotopic (exact) mass is 213 g/mol. The molecule has 5 nitrogen and oxygen atoms in total. The van der Waals surface area contributed by atoms with Crippen LogP contribution in [0.15, 0.2) is 10.6 Å². The summed E-state index contributed by atoms with van der Waals surface area (Å²) in [6.07, 6.45) is -0.357. The maximum Gasteiger partial charge on any atom is 0.150 e. The van der Waals surface area contributed by atoms with Crippen LogP contribution in [0.2, 0.25) is 0 Å². The maximum absolute atomic E-state index is 9.55. The van der Waals surface area contributed by atoms with Crippen LogP contribution in [0.4, 0.5) is 0 Å². The van der Waals surface area contributed by atoms with Gasteiger partial charge in [0.2, 0.25) is 0 Å². The summed E-state index contributed by atoms with van der Waals surface area (Å²) in [4.78, 5) is 1.95. The second kappa shape index (κ2) is 5.85. The molecule has 2 N–H and O–H groups in total. The van der Waals surface area contributed by atoms with Crippen LogP contribution in [0.1, 0.15) is 11.5 Å².